The topological polar surface area (TPSA) is 0 Å². The third-order valence-electron chi connectivity index (χ3n) is 3.30. The Balaban J connectivity index is 1.96. The first-order valence-electron chi connectivity index (χ1n) is 5.26. The van der Waals surface area contributed by atoms with Crippen LogP contribution in [0.4, 0.5) is 0 Å². The Morgan fingerprint density at radius 2 is 2.00 bits per heavy atom. The van der Waals surface area contributed by atoms with Crippen molar-refractivity contribution in [1.29, 1.82) is 0 Å². The first-order chi connectivity index (χ1) is 5.75. The second-order valence-corrected chi connectivity index (χ2v) is 4.72. The Morgan fingerprint density at radius 3 is 2.50 bits per heavy atom. The molecule has 0 amide bonds. The van der Waals surface area contributed by atoms with Gasteiger partial charge in [0, 0.05) is 11.8 Å². The molecule has 3 unspecified atom stereocenters. The van der Waals surface area contributed by atoms with E-state index in [4.69, 9.17) is 0 Å². The zero-order valence-corrected chi connectivity index (χ0v) is 8.14. The first kappa shape index (κ1) is 8.17. The minimum absolute atomic E-state index is 0.559. The molecule has 2 aliphatic carbocycles. The summed E-state index contributed by atoms with van der Waals surface area (Å²) in [6.45, 7) is 4.36. The summed E-state index contributed by atoms with van der Waals surface area (Å²) >= 11 is 0. The van der Waals surface area contributed by atoms with Crippen LogP contribution < -0.4 is 0 Å². The van der Waals surface area contributed by atoms with Crippen molar-refractivity contribution in [3.63, 3.8) is 0 Å². The van der Waals surface area contributed by atoms with E-state index >= 15 is 0 Å². The van der Waals surface area contributed by atoms with Crippen LogP contribution in [0.5, 0.6) is 0 Å². The molecule has 0 aliphatic heterocycles. The Labute approximate surface area is 75.7 Å². The molecule has 0 aromatic rings. The highest BCUT2D eigenvalue weighted by molar-refractivity contribution is 5.11. The number of hydrogen-bond acceptors (Lipinski definition) is 0. The maximum Gasteiger partial charge on any atom is 0.0233 e. The van der Waals surface area contributed by atoms with Crippen molar-refractivity contribution < 1.29 is 0 Å². The molecule has 0 spiro atoms. The van der Waals surface area contributed by atoms with Crippen LogP contribution in [0.1, 0.15) is 39.5 Å². The summed E-state index contributed by atoms with van der Waals surface area (Å²) in [5, 5.41) is 0. The lowest BCUT2D eigenvalue weighted by atomic mass is 9.89. The molecule has 2 saturated carbocycles. The summed E-state index contributed by atoms with van der Waals surface area (Å²) < 4.78 is 0. The van der Waals surface area contributed by atoms with Crippen molar-refractivity contribution in [1.82, 2.24) is 0 Å². The lowest BCUT2D eigenvalue weighted by Crippen LogP contribution is -2.07. The maximum absolute atomic E-state index is 3.46. The van der Waals surface area contributed by atoms with E-state index in [0.717, 1.165) is 17.8 Å². The molecule has 0 N–H and O–H groups in total. The van der Waals surface area contributed by atoms with Gasteiger partial charge in [0.15, 0.2) is 0 Å². The Hall–Kier alpha value is -0.440. The van der Waals surface area contributed by atoms with E-state index in [9.17, 15) is 0 Å². The quantitative estimate of drug-likeness (QED) is 0.480. The van der Waals surface area contributed by atoms with Crippen molar-refractivity contribution in [2.75, 3.05) is 0 Å². The van der Waals surface area contributed by atoms with Crippen molar-refractivity contribution in [2.45, 2.75) is 39.5 Å². The highest BCUT2D eigenvalue weighted by Crippen LogP contribution is 2.47. The molecule has 0 nitrogen and oxygen atoms in total. The predicted octanol–water partition coefficient (Wildman–Crippen LogP) is 3.08. The van der Waals surface area contributed by atoms with Gasteiger partial charge in [-0.15, -0.1) is 5.92 Å². The smallest absolute Gasteiger partial charge is 0.0233 e. The zero-order chi connectivity index (χ0) is 8.55. The fourth-order valence-corrected chi connectivity index (χ4v) is 2.70. The van der Waals surface area contributed by atoms with Crippen molar-refractivity contribution in [3.8, 4) is 11.8 Å². The highest BCUT2D eigenvalue weighted by atomic mass is 14.4. The van der Waals surface area contributed by atoms with Gasteiger partial charge < -0.3 is 0 Å². The molecule has 2 aliphatic rings. The predicted molar refractivity (Wildman–Crippen MR) is 51.6 cm³/mol. The molecule has 0 radical (unpaired) electrons. The molecule has 2 fully saturated rings. The minimum atomic E-state index is 0.559. The number of rotatable bonds is 0. The van der Waals surface area contributed by atoms with Gasteiger partial charge in [-0.2, -0.15) is 0 Å². The standard InChI is InChI=1S/C12H18/c1-9(2)3-5-11-7-10-4-6-12(11)8-10/h9-12H,4,6-8H2,1-2H3. The fraction of sp³-hybridized carbons (Fsp3) is 0.833. The van der Waals surface area contributed by atoms with E-state index in [2.05, 4.69) is 25.7 Å². The summed E-state index contributed by atoms with van der Waals surface area (Å²) in [6.07, 6.45) is 5.84. The molecule has 0 aromatic heterocycles. The van der Waals surface area contributed by atoms with Crippen LogP contribution in [0.15, 0.2) is 0 Å². The monoisotopic (exact) mass is 162 g/mol. The Bertz CT molecular complexity index is 216. The van der Waals surface area contributed by atoms with Gasteiger partial charge in [-0.3, -0.25) is 0 Å². The number of hydrogen-bond donors (Lipinski definition) is 0. The lowest BCUT2D eigenvalue weighted by Gasteiger charge is -2.15. The van der Waals surface area contributed by atoms with Gasteiger partial charge in [-0.1, -0.05) is 26.2 Å². The van der Waals surface area contributed by atoms with Crippen LogP contribution in [0.3, 0.4) is 0 Å². The van der Waals surface area contributed by atoms with E-state index in [1.165, 1.54) is 25.7 Å². The van der Waals surface area contributed by atoms with Crippen LogP contribution in [0, 0.1) is 35.5 Å². The SMILES string of the molecule is CC(C)C#CC1CC2CCC1C2. The van der Waals surface area contributed by atoms with Crippen molar-refractivity contribution in [3.05, 3.63) is 0 Å². The van der Waals surface area contributed by atoms with Crippen LogP contribution in [-0.2, 0) is 0 Å². The van der Waals surface area contributed by atoms with Gasteiger partial charge in [0.2, 0.25) is 0 Å². The molecule has 0 saturated heterocycles. The van der Waals surface area contributed by atoms with E-state index in [1.54, 1.807) is 0 Å². The Kier molecular flexibility index (Phi) is 2.13. The molecule has 0 aromatic carbocycles. The van der Waals surface area contributed by atoms with E-state index < -0.39 is 0 Å². The van der Waals surface area contributed by atoms with Gasteiger partial charge in [0.25, 0.3) is 0 Å². The van der Waals surface area contributed by atoms with E-state index in [1.807, 2.05) is 0 Å². The molecule has 66 valence electrons. The fourth-order valence-electron chi connectivity index (χ4n) is 2.70. The molecule has 12 heavy (non-hydrogen) atoms. The molecular weight excluding hydrogens is 144 g/mol. The third-order valence-corrected chi connectivity index (χ3v) is 3.30. The molecule has 0 heteroatoms. The largest absolute Gasteiger partial charge is 0.100 e. The van der Waals surface area contributed by atoms with Crippen LogP contribution >= 0.6 is 0 Å². The second-order valence-electron chi connectivity index (χ2n) is 4.72. The molecule has 3 atom stereocenters. The number of fused-ring (bicyclic) bond motifs is 2. The van der Waals surface area contributed by atoms with Crippen molar-refractivity contribution >= 4 is 0 Å². The second kappa shape index (κ2) is 3.13. The molecule has 2 bridgehead atoms. The third kappa shape index (κ3) is 1.51. The summed E-state index contributed by atoms with van der Waals surface area (Å²) in [5.74, 6) is 10.1. The lowest BCUT2D eigenvalue weighted by molar-refractivity contribution is 0.405. The summed E-state index contributed by atoms with van der Waals surface area (Å²) in [5.41, 5.74) is 0. The van der Waals surface area contributed by atoms with Gasteiger partial charge in [-0.05, 0) is 31.1 Å². The zero-order valence-electron chi connectivity index (χ0n) is 8.14. The Morgan fingerprint density at radius 1 is 1.17 bits per heavy atom. The van der Waals surface area contributed by atoms with Gasteiger partial charge in [-0.25, -0.2) is 0 Å². The van der Waals surface area contributed by atoms with Gasteiger partial charge in [0.1, 0.15) is 0 Å². The highest BCUT2D eigenvalue weighted by Gasteiger charge is 2.38. The summed E-state index contributed by atoms with van der Waals surface area (Å²) in [6, 6.07) is 0. The molecule has 0 heterocycles. The van der Waals surface area contributed by atoms with Crippen LogP contribution in [-0.4, -0.2) is 0 Å². The maximum atomic E-state index is 3.46. The van der Waals surface area contributed by atoms with Crippen LogP contribution in [0.25, 0.3) is 0 Å². The van der Waals surface area contributed by atoms with Crippen molar-refractivity contribution in [2.24, 2.45) is 23.7 Å². The van der Waals surface area contributed by atoms with Crippen LogP contribution in [0.2, 0.25) is 0 Å². The molecule has 2 rings (SSSR count). The first-order valence-corrected chi connectivity index (χ1v) is 5.26. The normalized spacial score (nSPS) is 38.4. The summed E-state index contributed by atoms with van der Waals surface area (Å²) in [4.78, 5) is 0. The van der Waals surface area contributed by atoms with Gasteiger partial charge in [0.05, 0.1) is 0 Å². The average Bonchev–Trinajstić information content (AvgIpc) is 2.60. The minimum Gasteiger partial charge on any atom is -0.100 e. The van der Waals surface area contributed by atoms with E-state index in [0.29, 0.717) is 5.92 Å². The van der Waals surface area contributed by atoms with E-state index in [-0.39, 0.29) is 0 Å². The molecular formula is C12H18. The summed E-state index contributed by atoms with van der Waals surface area (Å²) in [7, 11) is 0. The van der Waals surface area contributed by atoms with Gasteiger partial charge >= 0.3 is 0 Å². The average molecular weight is 162 g/mol.